The molecule has 0 bridgehead atoms. The molecular weight excluding hydrogens is 218 g/mol. The molecule has 0 saturated carbocycles. The van der Waals surface area contributed by atoms with Crippen LogP contribution in [-0.2, 0) is 9.59 Å². The molecule has 0 aromatic carbocycles. The van der Waals surface area contributed by atoms with Crippen LogP contribution < -0.4 is 10.6 Å². The molecule has 0 aromatic rings. The van der Waals surface area contributed by atoms with Crippen LogP contribution in [0.4, 0.5) is 0 Å². The highest BCUT2D eigenvalue weighted by molar-refractivity contribution is 5.96. The molecule has 0 aromatic heterocycles. The number of carbonyl (C=O) groups is 2. The normalized spacial score (nSPS) is 10.4. The summed E-state index contributed by atoms with van der Waals surface area (Å²) in [5, 5.41) is 5.45. The largest absolute Gasteiger partial charge is 0.356 e. The smallest absolute Gasteiger partial charge is 0.229 e. The Morgan fingerprint density at radius 3 is 2.00 bits per heavy atom. The van der Waals surface area contributed by atoms with Gasteiger partial charge >= 0.3 is 0 Å². The Kier molecular flexibility index (Phi) is 9.43. The predicted molar refractivity (Wildman–Crippen MR) is 68.7 cm³/mol. The minimum atomic E-state index is -0.197. The summed E-state index contributed by atoms with van der Waals surface area (Å²) in [6, 6.07) is 0. The van der Waals surface area contributed by atoms with E-state index in [1.165, 1.54) is 0 Å². The maximum Gasteiger partial charge on any atom is 0.229 e. The van der Waals surface area contributed by atoms with Crippen LogP contribution in [0.5, 0.6) is 0 Å². The number of hydrogen-bond donors (Lipinski definition) is 2. The molecule has 2 N–H and O–H groups in total. The molecule has 0 fully saturated rings. The summed E-state index contributed by atoms with van der Waals surface area (Å²) in [4.78, 5) is 24.7. The fourth-order valence-electron chi connectivity index (χ4n) is 1.30. The molecule has 0 unspecified atom stereocenters. The molecule has 0 radical (unpaired) electrons. The third-order valence-electron chi connectivity index (χ3n) is 2.28. The van der Waals surface area contributed by atoms with E-state index in [-0.39, 0.29) is 18.2 Å². The van der Waals surface area contributed by atoms with Crippen molar-refractivity contribution in [2.45, 2.75) is 32.6 Å². The molecular formula is C12H25N3O2. The van der Waals surface area contributed by atoms with Gasteiger partial charge in [0.2, 0.25) is 11.8 Å². The van der Waals surface area contributed by atoms with Crippen LogP contribution in [0.25, 0.3) is 0 Å². The van der Waals surface area contributed by atoms with Crippen LogP contribution in [0.1, 0.15) is 32.6 Å². The van der Waals surface area contributed by atoms with Gasteiger partial charge < -0.3 is 15.5 Å². The van der Waals surface area contributed by atoms with E-state index in [0.717, 1.165) is 25.8 Å². The fourth-order valence-corrected chi connectivity index (χ4v) is 1.30. The molecule has 0 aliphatic heterocycles. The van der Waals surface area contributed by atoms with Crippen LogP contribution in [0.15, 0.2) is 0 Å². The zero-order chi connectivity index (χ0) is 13.1. The van der Waals surface area contributed by atoms with Crippen molar-refractivity contribution in [2.75, 3.05) is 33.7 Å². The fraction of sp³-hybridized carbons (Fsp3) is 0.833. The van der Waals surface area contributed by atoms with Gasteiger partial charge in [-0.15, -0.1) is 0 Å². The van der Waals surface area contributed by atoms with Crippen LogP contribution in [0.2, 0.25) is 0 Å². The highest BCUT2D eigenvalue weighted by Gasteiger charge is 2.07. The van der Waals surface area contributed by atoms with Crippen molar-refractivity contribution in [1.82, 2.24) is 15.5 Å². The highest BCUT2D eigenvalue weighted by Crippen LogP contribution is 1.86. The number of hydrogen-bond acceptors (Lipinski definition) is 3. The Morgan fingerprint density at radius 2 is 1.53 bits per heavy atom. The SMILES string of the molecule is CCCCNC(=O)CC(=O)NCCCN(C)C. The van der Waals surface area contributed by atoms with E-state index >= 15 is 0 Å². The monoisotopic (exact) mass is 243 g/mol. The highest BCUT2D eigenvalue weighted by atomic mass is 16.2. The summed E-state index contributed by atoms with van der Waals surface area (Å²) in [5.41, 5.74) is 0. The zero-order valence-electron chi connectivity index (χ0n) is 11.2. The van der Waals surface area contributed by atoms with Crippen LogP contribution in [0.3, 0.4) is 0 Å². The minimum absolute atomic E-state index is 0.0638. The van der Waals surface area contributed by atoms with Crippen molar-refractivity contribution >= 4 is 11.8 Å². The lowest BCUT2D eigenvalue weighted by Gasteiger charge is -2.09. The lowest BCUT2D eigenvalue weighted by molar-refractivity contribution is -0.129. The lowest BCUT2D eigenvalue weighted by atomic mass is 10.3. The van der Waals surface area contributed by atoms with Gasteiger partial charge in [-0.25, -0.2) is 0 Å². The molecule has 0 spiro atoms. The third-order valence-corrected chi connectivity index (χ3v) is 2.28. The van der Waals surface area contributed by atoms with Gasteiger partial charge in [0.1, 0.15) is 6.42 Å². The van der Waals surface area contributed by atoms with Crippen molar-refractivity contribution in [3.63, 3.8) is 0 Å². The van der Waals surface area contributed by atoms with E-state index < -0.39 is 0 Å². The quantitative estimate of drug-likeness (QED) is 0.454. The Bertz CT molecular complexity index is 230. The molecule has 17 heavy (non-hydrogen) atoms. The van der Waals surface area contributed by atoms with E-state index in [2.05, 4.69) is 22.5 Å². The number of carbonyl (C=O) groups excluding carboxylic acids is 2. The van der Waals surface area contributed by atoms with Gasteiger partial charge in [-0.2, -0.15) is 0 Å². The van der Waals surface area contributed by atoms with E-state index in [1.807, 2.05) is 14.1 Å². The molecule has 2 amide bonds. The Balaban J connectivity index is 3.47. The van der Waals surface area contributed by atoms with Crippen LogP contribution >= 0.6 is 0 Å². The van der Waals surface area contributed by atoms with E-state index in [4.69, 9.17) is 0 Å². The maximum atomic E-state index is 11.3. The molecule has 0 aliphatic rings. The summed E-state index contributed by atoms with van der Waals surface area (Å²) in [6.07, 6.45) is 2.83. The zero-order valence-corrected chi connectivity index (χ0v) is 11.2. The average molecular weight is 243 g/mol. The van der Waals surface area contributed by atoms with Gasteiger partial charge in [0.15, 0.2) is 0 Å². The van der Waals surface area contributed by atoms with Gasteiger partial charge in [0.05, 0.1) is 0 Å². The van der Waals surface area contributed by atoms with Gasteiger partial charge in [-0.05, 0) is 33.5 Å². The average Bonchev–Trinajstić information content (AvgIpc) is 2.24. The molecule has 0 atom stereocenters. The Hall–Kier alpha value is -1.10. The standard InChI is InChI=1S/C12H25N3O2/c1-4-5-7-13-11(16)10-12(17)14-8-6-9-15(2)3/h4-10H2,1-3H3,(H,13,16)(H,14,17). The second kappa shape index (κ2) is 10.1. The van der Waals surface area contributed by atoms with Gasteiger partial charge in [0, 0.05) is 13.1 Å². The summed E-state index contributed by atoms with van der Waals surface area (Å²) >= 11 is 0. The molecule has 5 heteroatoms. The number of nitrogens with one attached hydrogen (secondary N) is 2. The topological polar surface area (TPSA) is 61.4 Å². The lowest BCUT2D eigenvalue weighted by Crippen LogP contribution is -2.33. The van der Waals surface area contributed by atoms with Crippen molar-refractivity contribution in [1.29, 1.82) is 0 Å². The van der Waals surface area contributed by atoms with Gasteiger partial charge in [-0.3, -0.25) is 9.59 Å². The Morgan fingerprint density at radius 1 is 1.00 bits per heavy atom. The van der Waals surface area contributed by atoms with E-state index in [1.54, 1.807) is 0 Å². The third kappa shape index (κ3) is 11.2. The Labute approximate surface area is 104 Å². The molecule has 0 aliphatic carbocycles. The maximum absolute atomic E-state index is 11.3. The van der Waals surface area contributed by atoms with Crippen LogP contribution in [-0.4, -0.2) is 50.4 Å². The van der Waals surface area contributed by atoms with Crippen molar-refractivity contribution in [3.05, 3.63) is 0 Å². The summed E-state index contributed by atoms with van der Waals surface area (Å²) in [6.45, 7) is 4.27. The van der Waals surface area contributed by atoms with Crippen molar-refractivity contribution in [2.24, 2.45) is 0 Å². The van der Waals surface area contributed by atoms with Crippen molar-refractivity contribution in [3.8, 4) is 0 Å². The number of rotatable bonds is 9. The molecule has 0 heterocycles. The second-order valence-corrected chi connectivity index (χ2v) is 4.39. The van der Waals surface area contributed by atoms with Crippen LogP contribution in [0, 0.1) is 0 Å². The first-order valence-electron chi connectivity index (χ1n) is 6.24. The number of amides is 2. The number of nitrogens with zero attached hydrogens (tertiary/aromatic N) is 1. The molecule has 5 nitrogen and oxygen atoms in total. The summed E-state index contributed by atoms with van der Waals surface area (Å²) in [7, 11) is 3.98. The summed E-state index contributed by atoms with van der Waals surface area (Å²) in [5.74, 6) is -0.388. The molecule has 0 rings (SSSR count). The second-order valence-electron chi connectivity index (χ2n) is 4.39. The first kappa shape index (κ1) is 15.9. The van der Waals surface area contributed by atoms with Crippen molar-refractivity contribution < 1.29 is 9.59 Å². The van der Waals surface area contributed by atoms with Gasteiger partial charge in [0.25, 0.3) is 0 Å². The molecule has 0 saturated heterocycles. The van der Waals surface area contributed by atoms with Gasteiger partial charge in [-0.1, -0.05) is 13.3 Å². The first-order valence-corrected chi connectivity index (χ1v) is 6.24. The minimum Gasteiger partial charge on any atom is -0.356 e. The molecule has 100 valence electrons. The van der Waals surface area contributed by atoms with E-state index in [0.29, 0.717) is 13.1 Å². The first-order chi connectivity index (χ1) is 8.06. The number of unbranched alkanes of at least 4 members (excludes halogenated alkanes) is 1. The predicted octanol–water partition coefficient (Wildman–Crippen LogP) is 0.361. The van der Waals surface area contributed by atoms with E-state index in [9.17, 15) is 9.59 Å². The summed E-state index contributed by atoms with van der Waals surface area (Å²) < 4.78 is 0.